The van der Waals surface area contributed by atoms with Gasteiger partial charge < -0.3 is 10.2 Å². The summed E-state index contributed by atoms with van der Waals surface area (Å²) in [6, 6.07) is 1.52. The molecule has 5 nitrogen and oxygen atoms in total. The maximum atomic E-state index is 6.13. The summed E-state index contributed by atoms with van der Waals surface area (Å²) >= 11 is 3.33. The first-order valence-corrected chi connectivity index (χ1v) is 7.51. The maximum absolute atomic E-state index is 6.13. The molecule has 24 heavy (non-hydrogen) atoms. The number of halogens is 1. The normalized spacial score (nSPS) is 24.0. The lowest BCUT2D eigenvalue weighted by molar-refractivity contribution is 0.347. The van der Waals surface area contributed by atoms with Gasteiger partial charge >= 0.3 is 0 Å². The molecule has 1 fully saturated rings. The van der Waals surface area contributed by atoms with E-state index >= 15 is 0 Å². The number of rotatable bonds is 1. The highest BCUT2D eigenvalue weighted by atomic mass is 79.9. The Hall–Kier alpha value is -0.621. The Bertz CT molecular complexity index is 780. The van der Waals surface area contributed by atoms with Crippen LogP contribution in [0.25, 0.3) is 5.65 Å². The lowest BCUT2D eigenvalue weighted by Crippen LogP contribution is -2.92. The molecule has 0 aromatic carbocycles. The van der Waals surface area contributed by atoms with Crippen LogP contribution in [0.1, 0.15) is 0 Å². The Labute approximate surface area is 159 Å². The number of piperazine rings is 1. The van der Waals surface area contributed by atoms with E-state index < -0.39 is 21.4 Å². The van der Waals surface area contributed by atoms with Gasteiger partial charge in [0.1, 0.15) is 5.82 Å². The van der Waals surface area contributed by atoms with Crippen molar-refractivity contribution in [3.63, 3.8) is 0 Å². The summed E-state index contributed by atoms with van der Waals surface area (Å²) < 4.78 is 2.13. The van der Waals surface area contributed by atoms with Crippen LogP contribution < -0.4 is 10.2 Å². The smallest absolute Gasteiger partial charge is 0.171 e. The third-order valence-corrected chi connectivity index (χ3v) is 4.58. The molecule has 3 heterocycles. The van der Waals surface area contributed by atoms with E-state index in [1.807, 2.05) is 0 Å². The topological polar surface area (TPSA) is 45.5 Å². The van der Waals surface area contributed by atoms with Crippen LogP contribution in [0.3, 0.4) is 0 Å². The van der Waals surface area contributed by atoms with E-state index in [0.29, 0.717) is 10.1 Å². The fourth-order valence-electron chi connectivity index (χ4n) is 2.55. The average molecular weight is 361 g/mol. The highest BCUT2D eigenvalue weighted by Crippen LogP contribution is 2.38. The molecule has 0 saturated carbocycles. The van der Waals surface area contributed by atoms with E-state index in [0.717, 1.165) is 4.90 Å². The summed E-state index contributed by atoms with van der Waals surface area (Å²) in [7, 11) is 48.3. The molecule has 16 radical (unpaired) electrons. The predicted molar refractivity (Wildman–Crippen MR) is 103 cm³/mol. The van der Waals surface area contributed by atoms with Gasteiger partial charge in [0.15, 0.2) is 5.65 Å². The van der Waals surface area contributed by atoms with Gasteiger partial charge in [-0.3, -0.25) is 0 Å². The van der Waals surface area contributed by atoms with Crippen molar-refractivity contribution in [3.8, 4) is 0 Å². The first-order chi connectivity index (χ1) is 10.8. The average Bonchev–Trinajstić information content (AvgIpc) is 2.77. The van der Waals surface area contributed by atoms with Crippen LogP contribution in [0.2, 0.25) is 0 Å². The molecular formula is C10H4B8BrN5. The lowest BCUT2D eigenvalue weighted by atomic mass is 9.27. The Morgan fingerprint density at radius 1 is 0.958 bits per heavy atom. The Kier molecular flexibility index (Phi) is 3.93. The minimum absolute atomic E-state index is 0.153. The summed E-state index contributed by atoms with van der Waals surface area (Å²) in [4.78, 5) is 5.47. The van der Waals surface area contributed by atoms with Crippen molar-refractivity contribution >= 4 is 90.2 Å². The molecule has 1 aliphatic heterocycles. The fourth-order valence-corrected chi connectivity index (χ4v) is 2.92. The van der Waals surface area contributed by atoms with E-state index in [1.165, 1.54) is 10.6 Å². The van der Waals surface area contributed by atoms with Gasteiger partial charge in [0.25, 0.3) is 0 Å². The van der Waals surface area contributed by atoms with Gasteiger partial charge in [-0.05, 0) is 32.7 Å². The van der Waals surface area contributed by atoms with E-state index in [1.54, 1.807) is 12.4 Å². The largest absolute Gasteiger partial charge is 0.379 e. The molecule has 3 rings (SSSR count). The summed E-state index contributed by atoms with van der Waals surface area (Å²) in [5, 5.41) is -1.30. The maximum Gasteiger partial charge on any atom is 0.171 e. The van der Waals surface area contributed by atoms with Crippen molar-refractivity contribution < 1.29 is 0 Å². The number of anilines is 1. The summed E-state index contributed by atoms with van der Waals surface area (Å²) in [5.41, 5.74) is 0.455. The molecule has 1 saturated heterocycles. The standard InChI is InChI=1S/C10H4B8BrN5/c11-7(12)9(15,16)24(10(17,18)8(13,14)22-7)5-1-2-23-6(21-5)4(19)3-20-23/h1-3,22H. The zero-order valence-electron chi connectivity index (χ0n) is 12.5. The quantitative estimate of drug-likeness (QED) is 0.546. The molecule has 2 aromatic rings. The monoisotopic (exact) mass is 361 g/mol. The van der Waals surface area contributed by atoms with Crippen LogP contribution in [0, 0.1) is 0 Å². The van der Waals surface area contributed by atoms with Crippen molar-refractivity contribution in [2.75, 3.05) is 4.90 Å². The highest BCUT2D eigenvalue weighted by molar-refractivity contribution is 9.10. The third kappa shape index (κ3) is 2.36. The van der Waals surface area contributed by atoms with Crippen molar-refractivity contribution in [3.05, 3.63) is 22.9 Å². The Morgan fingerprint density at radius 3 is 2.04 bits per heavy atom. The van der Waals surface area contributed by atoms with Gasteiger partial charge in [-0.25, -0.2) is 9.50 Å². The number of nitrogens with one attached hydrogen (secondary N) is 1. The van der Waals surface area contributed by atoms with Crippen LogP contribution >= 0.6 is 15.9 Å². The van der Waals surface area contributed by atoms with Crippen LogP contribution in [0.15, 0.2) is 22.9 Å². The molecule has 0 atom stereocenters. The van der Waals surface area contributed by atoms with Gasteiger partial charge in [0.05, 0.1) is 73.4 Å². The van der Waals surface area contributed by atoms with Gasteiger partial charge in [-0.15, -0.1) is 0 Å². The fraction of sp³-hybridized carbons (Fsp3) is 0.400. The minimum atomic E-state index is -1.99. The van der Waals surface area contributed by atoms with Gasteiger partial charge in [-0.2, -0.15) is 5.10 Å². The number of hydrogen-bond acceptors (Lipinski definition) is 4. The second-order valence-corrected chi connectivity index (χ2v) is 6.75. The molecule has 0 spiro atoms. The van der Waals surface area contributed by atoms with Crippen LogP contribution in [-0.2, 0) is 0 Å². The van der Waals surface area contributed by atoms with Gasteiger partial charge in [0, 0.05) is 6.20 Å². The van der Waals surface area contributed by atoms with E-state index in [-0.39, 0.29) is 5.82 Å². The van der Waals surface area contributed by atoms with E-state index in [2.05, 4.69) is 31.3 Å². The Balaban J connectivity index is 2.25. The lowest BCUT2D eigenvalue weighted by Gasteiger charge is -2.71. The van der Waals surface area contributed by atoms with Gasteiger partial charge in [-0.1, -0.05) is 10.7 Å². The highest BCUT2D eigenvalue weighted by Gasteiger charge is 2.55. The number of fused-ring (bicyclic) bond motifs is 1. The summed E-state index contributed by atoms with van der Waals surface area (Å²) in [5.74, 6) is 0.153. The second-order valence-electron chi connectivity index (χ2n) is 5.90. The molecule has 14 heteroatoms. The van der Waals surface area contributed by atoms with Crippen molar-refractivity contribution in [2.45, 2.75) is 21.4 Å². The van der Waals surface area contributed by atoms with E-state index in [4.69, 9.17) is 62.8 Å². The zero-order valence-corrected chi connectivity index (χ0v) is 14.1. The minimum Gasteiger partial charge on any atom is -0.379 e. The van der Waals surface area contributed by atoms with Crippen LogP contribution in [0.5, 0.6) is 0 Å². The molecular weight excluding hydrogens is 357 g/mol. The first kappa shape index (κ1) is 18.2. The second kappa shape index (κ2) is 5.19. The summed E-state index contributed by atoms with van der Waals surface area (Å²) in [6.07, 6.45) is 3.16. The molecule has 0 bridgehead atoms. The molecule has 0 amide bonds. The van der Waals surface area contributed by atoms with Crippen molar-refractivity contribution in [1.29, 1.82) is 0 Å². The summed E-state index contributed by atoms with van der Waals surface area (Å²) in [6.45, 7) is 0. The van der Waals surface area contributed by atoms with Gasteiger partial charge in [0.2, 0.25) is 0 Å². The SMILES string of the molecule is [B]C1([B])NC([B])([B])C([B])([B])N(c2ccn3ncc(Br)c3n2)C1([B])[B]. The predicted octanol–water partition coefficient (Wildman–Crippen LogP) is -3.14. The number of aromatic nitrogens is 3. The third-order valence-electron chi connectivity index (χ3n) is 4.02. The number of nitrogens with zero attached hydrogens (tertiary/aromatic N) is 4. The molecule has 2 aromatic heterocycles. The molecule has 0 aliphatic carbocycles. The molecule has 100 valence electrons. The molecule has 1 N–H and O–H groups in total. The Morgan fingerprint density at radius 2 is 1.50 bits per heavy atom. The van der Waals surface area contributed by atoms with E-state index in [9.17, 15) is 0 Å². The first-order valence-electron chi connectivity index (χ1n) is 6.72. The van der Waals surface area contributed by atoms with Crippen molar-refractivity contribution in [2.24, 2.45) is 0 Å². The zero-order chi connectivity index (χ0) is 18.1. The van der Waals surface area contributed by atoms with Crippen LogP contribution in [0.4, 0.5) is 5.82 Å². The van der Waals surface area contributed by atoms with Crippen molar-refractivity contribution in [1.82, 2.24) is 19.9 Å². The molecule has 0 unspecified atom stereocenters. The van der Waals surface area contributed by atoms with Crippen LogP contribution in [-0.4, -0.2) is 98.7 Å². The number of hydrogen-bond donors (Lipinski definition) is 1. The molecule has 1 aliphatic rings.